The van der Waals surface area contributed by atoms with Crippen LogP contribution in [0.3, 0.4) is 0 Å². The maximum atomic E-state index is 10.7. The van der Waals surface area contributed by atoms with Gasteiger partial charge in [-0.2, -0.15) is 0 Å². The smallest absolute Gasteiger partial charge is 0.278 e. The Kier molecular flexibility index (Phi) is 4.11. The van der Waals surface area contributed by atoms with E-state index in [2.05, 4.69) is 15.5 Å². The Morgan fingerprint density at radius 1 is 1.11 bits per heavy atom. The van der Waals surface area contributed by atoms with Crippen molar-refractivity contribution in [3.63, 3.8) is 0 Å². The Hall–Kier alpha value is -2.09. The first-order valence-electron chi connectivity index (χ1n) is 9.55. The number of hydrogen-bond donors (Lipinski definition) is 1. The van der Waals surface area contributed by atoms with Crippen LogP contribution in [-0.4, -0.2) is 21.0 Å². The molecule has 1 N–H and O–H groups in total. The van der Waals surface area contributed by atoms with Crippen LogP contribution in [-0.2, 0) is 5.41 Å². The number of thioether (sulfide) groups is 1. The van der Waals surface area contributed by atoms with Crippen molar-refractivity contribution < 1.29 is 9.34 Å². The van der Waals surface area contributed by atoms with E-state index < -0.39 is 4.92 Å². The molecule has 0 saturated heterocycles. The minimum absolute atomic E-state index is 0.0883. The predicted molar refractivity (Wildman–Crippen MR) is 102 cm³/mol. The van der Waals surface area contributed by atoms with E-state index in [1.807, 2.05) is 0 Å². The SMILES string of the molecule is O=[N+]([O-])c1ccc(NCSc2nnc(C34CC5CC(CC(C5)C3)C4)o2)cc1. The van der Waals surface area contributed by atoms with E-state index >= 15 is 0 Å². The third kappa shape index (κ3) is 3.20. The van der Waals surface area contributed by atoms with Gasteiger partial charge in [0, 0.05) is 23.2 Å². The molecule has 1 heterocycles. The van der Waals surface area contributed by atoms with Crippen molar-refractivity contribution in [1.82, 2.24) is 10.2 Å². The van der Waals surface area contributed by atoms with E-state index in [-0.39, 0.29) is 11.1 Å². The molecule has 4 fully saturated rings. The molecule has 0 amide bonds. The molecule has 4 bridgehead atoms. The fourth-order valence-electron chi connectivity index (χ4n) is 5.74. The first-order chi connectivity index (χ1) is 13.1. The first kappa shape index (κ1) is 17.0. The topological polar surface area (TPSA) is 94.1 Å². The molecule has 4 aliphatic rings. The molecule has 0 aliphatic heterocycles. The van der Waals surface area contributed by atoms with Crippen LogP contribution >= 0.6 is 11.8 Å². The fourth-order valence-corrected chi connectivity index (χ4v) is 6.34. The number of nitrogens with zero attached hydrogens (tertiary/aromatic N) is 3. The lowest BCUT2D eigenvalue weighted by molar-refractivity contribution is -0.384. The van der Waals surface area contributed by atoms with Gasteiger partial charge in [0.1, 0.15) is 0 Å². The van der Waals surface area contributed by atoms with Crippen LogP contribution in [0, 0.1) is 27.9 Å². The molecule has 0 unspecified atom stereocenters. The molecular weight excluding hydrogens is 364 g/mol. The second-order valence-electron chi connectivity index (χ2n) is 8.34. The number of hydrogen-bond acceptors (Lipinski definition) is 7. The summed E-state index contributed by atoms with van der Waals surface area (Å²) in [6.45, 7) is 0. The summed E-state index contributed by atoms with van der Waals surface area (Å²) in [5.41, 5.74) is 1.05. The second-order valence-corrected chi connectivity index (χ2v) is 9.27. The zero-order valence-corrected chi connectivity index (χ0v) is 15.8. The van der Waals surface area contributed by atoms with Gasteiger partial charge in [0.15, 0.2) is 0 Å². The molecule has 8 heteroatoms. The Balaban J connectivity index is 1.21. The van der Waals surface area contributed by atoms with Crippen molar-refractivity contribution >= 4 is 23.1 Å². The van der Waals surface area contributed by atoms with Crippen molar-refractivity contribution in [2.24, 2.45) is 17.8 Å². The van der Waals surface area contributed by atoms with Gasteiger partial charge in [0.25, 0.3) is 10.9 Å². The van der Waals surface area contributed by atoms with Crippen molar-refractivity contribution in [1.29, 1.82) is 0 Å². The predicted octanol–water partition coefficient (Wildman–Crippen LogP) is 4.61. The summed E-state index contributed by atoms with van der Waals surface area (Å²) in [7, 11) is 0. The van der Waals surface area contributed by atoms with Crippen LogP contribution in [0.15, 0.2) is 33.9 Å². The lowest BCUT2D eigenvalue weighted by Crippen LogP contribution is -2.48. The third-order valence-electron chi connectivity index (χ3n) is 6.45. The van der Waals surface area contributed by atoms with Gasteiger partial charge < -0.3 is 9.73 Å². The van der Waals surface area contributed by atoms with Gasteiger partial charge in [-0.05, 0) is 80.2 Å². The first-order valence-corrected chi connectivity index (χ1v) is 10.5. The van der Waals surface area contributed by atoms with Crippen LogP contribution in [0.4, 0.5) is 11.4 Å². The summed E-state index contributed by atoms with van der Waals surface area (Å²) in [5, 5.41) is 23.2. The lowest BCUT2D eigenvalue weighted by Gasteiger charge is -2.55. The Morgan fingerprint density at radius 2 is 1.74 bits per heavy atom. The highest BCUT2D eigenvalue weighted by Gasteiger charge is 2.54. The van der Waals surface area contributed by atoms with Crippen LogP contribution < -0.4 is 5.32 Å². The summed E-state index contributed by atoms with van der Waals surface area (Å²) in [5.74, 6) is 3.97. The molecule has 142 valence electrons. The second kappa shape index (κ2) is 6.51. The molecule has 0 spiro atoms. The van der Waals surface area contributed by atoms with Crippen molar-refractivity contribution in [3.8, 4) is 0 Å². The maximum Gasteiger partial charge on any atom is 0.278 e. The molecular formula is C19H22N4O3S. The number of nitrogens with one attached hydrogen (secondary N) is 1. The van der Waals surface area contributed by atoms with E-state index in [4.69, 9.17) is 4.42 Å². The summed E-state index contributed by atoms with van der Waals surface area (Å²) in [6, 6.07) is 6.39. The molecule has 2 aromatic rings. The number of rotatable bonds is 6. The van der Waals surface area contributed by atoms with Gasteiger partial charge in [-0.1, -0.05) is 0 Å². The summed E-state index contributed by atoms with van der Waals surface area (Å²) in [4.78, 5) is 10.3. The van der Waals surface area contributed by atoms with Crippen molar-refractivity contribution in [2.75, 3.05) is 11.2 Å². The average molecular weight is 386 g/mol. The molecule has 27 heavy (non-hydrogen) atoms. The Bertz CT molecular complexity index is 816. The normalized spacial score (nSPS) is 31.2. The van der Waals surface area contributed by atoms with Gasteiger partial charge in [-0.15, -0.1) is 10.2 Å². The number of anilines is 1. The number of aromatic nitrogens is 2. The zero-order chi connectivity index (χ0) is 18.4. The molecule has 4 saturated carbocycles. The van der Waals surface area contributed by atoms with E-state index in [1.165, 1.54) is 62.4 Å². The standard InChI is InChI=1S/C19H22N4O3S/c24-23(25)16-3-1-15(2-4-16)20-11-27-18-22-21-17(26-18)19-8-12-5-13(9-19)7-14(6-12)10-19/h1-4,12-14,20H,5-11H2. The highest BCUT2D eigenvalue weighted by Crippen LogP contribution is 2.60. The molecule has 1 aromatic heterocycles. The molecule has 1 aromatic carbocycles. The summed E-state index contributed by atoms with van der Waals surface area (Å²) >= 11 is 1.47. The van der Waals surface area contributed by atoms with Crippen molar-refractivity contribution in [2.45, 2.75) is 49.2 Å². The van der Waals surface area contributed by atoms with Gasteiger partial charge >= 0.3 is 0 Å². The quantitative estimate of drug-likeness (QED) is 0.335. The Morgan fingerprint density at radius 3 is 2.33 bits per heavy atom. The minimum Gasteiger partial charge on any atom is -0.415 e. The Labute approximate surface area is 161 Å². The van der Waals surface area contributed by atoms with E-state index in [0.717, 1.165) is 29.3 Å². The number of benzene rings is 1. The number of non-ortho nitro benzene ring substituents is 1. The van der Waals surface area contributed by atoms with Crippen LogP contribution in [0.25, 0.3) is 0 Å². The van der Waals surface area contributed by atoms with E-state index in [9.17, 15) is 10.1 Å². The molecule has 4 aliphatic carbocycles. The molecule has 0 radical (unpaired) electrons. The van der Waals surface area contributed by atoms with Crippen LogP contribution in [0.5, 0.6) is 0 Å². The average Bonchev–Trinajstić information content (AvgIpc) is 3.11. The molecule has 0 atom stereocenters. The van der Waals surface area contributed by atoms with E-state index in [1.54, 1.807) is 12.1 Å². The highest BCUT2D eigenvalue weighted by atomic mass is 32.2. The van der Waals surface area contributed by atoms with Gasteiger partial charge in [0.05, 0.1) is 10.8 Å². The lowest BCUT2D eigenvalue weighted by atomic mass is 9.49. The largest absolute Gasteiger partial charge is 0.415 e. The maximum absolute atomic E-state index is 10.7. The van der Waals surface area contributed by atoms with Crippen molar-refractivity contribution in [3.05, 3.63) is 40.3 Å². The van der Waals surface area contributed by atoms with Crippen LogP contribution in [0.2, 0.25) is 0 Å². The van der Waals surface area contributed by atoms with Gasteiger partial charge in [0.2, 0.25) is 5.89 Å². The zero-order valence-electron chi connectivity index (χ0n) is 15.0. The van der Waals surface area contributed by atoms with Crippen LogP contribution in [0.1, 0.15) is 44.4 Å². The third-order valence-corrected chi connectivity index (χ3v) is 7.15. The number of nitro benzene ring substituents is 1. The summed E-state index contributed by atoms with van der Waals surface area (Å²) in [6.07, 6.45) is 7.83. The van der Waals surface area contributed by atoms with Gasteiger partial charge in [-0.3, -0.25) is 10.1 Å². The number of nitro groups is 1. The highest BCUT2D eigenvalue weighted by molar-refractivity contribution is 7.99. The molecule has 6 rings (SSSR count). The monoisotopic (exact) mass is 386 g/mol. The fraction of sp³-hybridized carbons (Fsp3) is 0.579. The molecule has 7 nitrogen and oxygen atoms in total. The van der Waals surface area contributed by atoms with E-state index in [0.29, 0.717) is 11.1 Å². The minimum atomic E-state index is -0.400. The summed E-state index contributed by atoms with van der Waals surface area (Å²) < 4.78 is 6.07. The van der Waals surface area contributed by atoms with Gasteiger partial charge in [-0.25, -0.2) is 0 Å².